The molecule has 0 amide bonds. The molecule has 0 saturated carbocycles. The van der Waals surface area contributed by atoms with Gasteiger partial charge in [-0.3, -0.25) is 4.99 Å². The fourth-order valence-electron chi connectivity index (χ4n) is 3.54. The van der Waals surface area contributed by atoms with Crippen molar-refractivity contribution in [3.8, 4) is 28.4 Å². The molecule has 1 aliphatic heterocycles. The Kier molecular flexibility index (Phi) is 4.69. The van der Waals surface area contributed by atoms with Gasteiger partial charge in [-0.1, -0.05) is 12.1 Å². The van der Waals surface area contributed by atoms with Crippen molar-refractivity contribution in [1.29, 1.82) is 0 Å². The van der Waals surface area contributed by atoms with Crippen LogP contribution in [-0.4, -0.2) is 38.2 Å². The van der Waals surface area contributed by atoms with Crippen molar-refractivity contribution in [3.63, 3.8) is 0 Å². The third-order valence-corrected chi connectivity index (χ3v) is 4.93. The first kappa shape index (κ1) is 18.0. The zero-order valence-corrected chi connectivity index (χ0v) is 16.2. The average molecular weight is 377 g/mol. The van der Waals surface area contributed by atoms with E-state index in [1.807, 2.05) is 36.4 Å². The third kappa shape index (κ3) is 3.07. The Labute approximate surface area is 164 Å². The summed E-state index contributed by atoms with van der Waals surface area (Å²) in [6, 6.07) is 13.9. The van der Waals surface area contributed by atoms with Crippen LogP contribution in [0.15, 0.2) is 53.7 Å². The first-order chi connectivity index (χ1) is 13.6. The average Bonchev–Trinajstić information content (AvgIpc) is 3.17. The molecule has 2 aromatic carbocycles. The molecule has 0 atom stereocenters. The second-order valence-electron chi connectivity index (χ2n) is 6.57. The Balaban J connectivity index is 1.79. The number of fused-ring (bicyclic) bond motifs is 1. The van der Waals surface area contributed by atoms with Crippen LogP contribution in [0.3, 0.4) is 0 Å². The van der Waals surface area contributed by atoms with Gasteiger partial charge < -0.3 is 24.5 Å². The summed E-state index contributed by atoms with van der Waals surface area (Å²) >= 11 is 0. The van der Waals surface area contributed by atoms with Crippen LogP contribution in [0.5, 0.6) is 17.2 Å². The first-order valence-electron chi connectivity index (χ1n) is 9.06. The van der Waals surface area contributed by atoms with Gasteiger partial charge in [-0.05, 0) is 35.9 Å². The SMILES string of the molecule is COc1cc(C2=NCCn3cc(-c4ccc(N)cc4)cc32)cc(OC)c1OC. The Morgan fingerprint density at radius 3 is 2.14 bits per heavy atom. The number of ether oxygens (including phenoxy) is 3. The molecule has 6 nitrogen and oxygen atoms in total. The van der Waals surface area contributed by atoms with Crippen LogP contribution in [0.4, 0.5) is 5.69 Å². The van der Waals surface area contributed by atoms with Gasteiger partial charge >= 0.3 is 0 Å². The van der Waals surface area contributed by atoms with Crippen molar-refractivity contribution in [2.24, 2.45) is 4.99 Å². The molecule has 0 bridgehead atoms. The number of aromatic nitrogens is 1. The Morgan fingerprint density at radius 1 is 0.857 bits per heavy atom. The Bertz CT molecular complexity index is 1010. The molecule has 144 valence electrons. The maximum absolute atomic E-state index is 5.82. The lowest BCUT2D eigenvalue weighted by molar-refractivity contribution is 0.324. The number of nitrogens with two attached hydrogens (primary N) is 1. The van der Waals surface area contributed by atoms with Gasteiger partial charge in [0.15, 0.2) is 11.5 Å². The van der Waals surface area contributed by atoms with E-state index in [0.717, 1.165) is 46.9 Å². The smallest absolute Gasteiger partial charge is 0.203 e. The summed E-state index contributed by atoms with van der Waals surface area (Å²) in [6.07, 6.45) is 2.16. The van der Waals surface area contributed by atoms with Crippen molar-refractivity contribution >= 4 is 11.4 Å². The van der Waals surface area contributed by atoms with Crippen LogP contribution < -0.4 is 19.9 Å². The zero-order valence-electron chi connectivity index (χ0n) is 16.2. The minimum Gasteiger partial charge on any atom is -0.493 e. The van der Waals surface area contributed by atoms with Gasteiger partial charge in [0.1, 0.15) is 0 Å². The summed E-state index contributed by atoms with van der Waals surface area (Å²) in [5.41, 5.74) is 11.7. The van der Waals surface area contributed by atoms with Gasteiger partial charge in [0, 0.05) is 29.6 Å². The van der Waals surface area contributed by atoms with E-state index < -0.39 is 0 Å². The summed E-state index contributed by atoms with van der Waals surface area (Å²) in [4.78, 5) is 4.79. The van der Waals surface area contributed by atoms with Gasteiger partial charge in [0.2, 0.25) is 5.75 Å². The van der Waals surface area contributed by atoms with E-state index in [4.69, 9.17) is 24.9 Å². The van der Waals surface area contributed by atoms with Gasteiger partial charge in [0.25, 0.3) is 0 Å². The van der Waals surface area contributed by atoms with Gasteiger partial charge in [-0.2, -0.15) is 0 Å². The number of hydrogen-bond donors (Lipinski definition) is 1. The number of anilines is 1. The summed E-state index contributed by atoms with van der Waals surface area (Å²) in [5.74, 6) is 1.80. The number of hydrogen-bond acceptors (Lipinski definition) is 5. The molecule has 6 heteroatoms. The van der Waals surface area contributed by atoms with E-state index in [9.17, 15) is 0 Å². The molecule has 0 saturated heterocycles. The first-order valence-corrected chi connectivity index (χ1v) is 9.06. The summed E-state index contributed by atoms with van der Waals surface area (Å²) in [6.45, 7) is 1.56. The fraction of sp³-hybridized carbons (Fsp3) is 0.227. The topological polar surface area (TPSA) is 71.0 Å². The molecule has 0 spiro atoms. The second-order valence-corrected chi connectivity index (χ2v) is 6.57. The highest BCUT2D eigenvalue weighted by molar-refractivity contribution is 6.13. The molecule has 0 aliphatic carbocycles. The number of rotatable bonds is 5. The van der Waals surface area contributed by atoms with Gasteiger partial charge in [0.05, 0.1) is 39.3 Å². The van der Waals surface area contributed by atoms with Crippen molar-refractivity contribution in [2.75, 3.05) is 33.6 Å². The Hall–Kier alpha value is -3.41. The predicted octanol–water partition coefficient (Wildman–Crippen LogP) is 3.61. The number of aliphatic imine (C=N–C) groups is 1. The molecule has 2 heterocycles. The molecule has 28 heavy (non-hydrogen) atoms. The van der Waals surface area contributed by atoms with Crippen LogP contribution in [0, 0.1) is 0 Å². The largest absolute Gasteiger partial charge is 0.493 e. The lowest BCUT2D eigenvalue weighted by Gasteiger charge is -2.19. The minimum atomic E-state index is 0.572. The maximum Gasteiger partial charge on any atom is 0.203 e. The van der Waals surface area contributed by atoms with Crippen molar-refractivity contribution in [2.45, 2.75) is 6.54 Å². The Morgan fingerprint density at radius 2 is 1.54 bits per heavy atom. The van der Waals surface area contributed by atoms with Crippen molar-refractivity contribution in [3.05, 3.63) is 59.9 Å². The fourth-order valence-corrected chi connectivity index (χ4v) is 3.54. The molecule has 4 rings (SSSR count). The molecule has 0 radical (unpaired) electrons. The number of methoxy groups -OCH3 is 3. The molecule has 3 aromatic rings. The molecular weight excluding hydrogens is 354 g/mol. The van der Waals surface area contributed by atoms with E-state index in [2.05, 4.69) is 16.8 Å². The number of benzene rings is 2. The van der Waals surface area contributed by atoms with Crippen LogP contribution >= 0.6 is 0 Å². The van der Waals surface area contributed by atoms with E-state index in [1.165, 1.54) is 0 Å². The van der Waals surface area contributed by atoms with Crippen molar-refractivity contribution in [1.82, 2.24) is 4.57 Å². The molecule has 0 unspecified atom stereocenters. The van der Waals surface area contributed by atoms with E-state index in [-0.39, 0.29) is 0 Å². The monoisotopic (exact) mass is 377 g/mol. The zero-order chi connectivity index (χ0) is 19.7. The highest BCUT2D eigenvalue weighted by atomic mass is 16.5. The van der Waals surface area contributed by atoms with Crippen LogP contribution in [-0.2, 0) is 6.54 Å². The predicted molar refractivity (Wildman–Crippen MR) is 111 cm³/mol. The van der Waals surface area contributed by atoms with Gasteiger partial charge in [-0.25, -0.2) is 0 Å². The number of nitrogen functional groups attached to an aromatic ring is 1. The summed E-state index contributed by atoms with van der Waals surface area (Å²) < 4.78 is 18.7. The highest BCUT2D eigenvalue weighted by Gasteiger charge is 2.21. The van der Waals surface area contributed by atoms with E-state index in [0.29, 0.717) is 17.2 Å². The van der Waals surface area contributed by atoms with Crippen LogP contribution in [0.25, 0.3) is 11.1 Å². The van der Waals surface area contributed by atoms with E-state index in [1.54, 1.807) is 21.3 Å². The lowest BCUT2D eigenvalue weighted by Crippen LogP contribution is -2.18. The molecule has 2 N–H and O–H groups in total. The van der Waals surface area contributed by atoms with Crippen LogP contribution in [0.2, 0.25) is 0 Å². The molecule has 1 aromatic heterocycles. The van der Waals surface area contributed by atoms with Crippen molar-refractivity contribution < 1.29 is 14.2 Å². The normalized spacial score (nSPS) is 12.9. The molecule has 0 fully saturated rings. The lowest BCUT2D eigenvalue weighted by atomic mass is 10.0. The summed E-state index contributed by atoms with van der Waals surface area (Å²) in [7, 11) is 4.83. The minimum absolute atomic E-state index is 0.572. The molecular formula is C22H23N3O3. The van der Waals surface area contributed by atoms with Crippen LogP contribution in [0.1, 0.15) is 11.3 Å². The summed E-state index contributed by atoms with van der Waals surface area (Å²) in [5, 5.41) is 0. The second kappa shape index (κ2) is 7.31. The number of nitrogens with zero attached hydrogens (tertiary/aromatic N) is 2. The van der Waals surface area contributed by atoms with E-state index >= 15 is 0 Å². The highest BCUT2D eigenvalue weighted by Crippen LogP contribution is 2.39. The third-order valence-electron chi connectivity index (χ3n) is 4.93. The maximum atomic E-state index is 5.82. The van der Waals surface area contributed by atoms with Gasteiger partial charge in [-0.15, -0.1) is 0 Å². The molecule has 1 aliphatic rings. The standard InChI is InChI=1S/C22H23N3O3/c1-26-19-11-15(12-20(27-2)22(19)28-3)21-18-10-16(13-25(18)9-8-24-21)14-4-6-17(23)7-5-14/h4-7,10-13H,8-9,23H2,1-3H3. The quantitative estimate of drug-likeness (QED) is 0.690.